The van der Waals surface area contributed by atoms with E-state index in [0.717, 1.165) is 0 Å². The first-order valence-electron chi connectivity index (χ1n) is 5.87. The smallest absolute Gasteiger partial charge is 0.222 e. The molecule has 0 aliphatic carbocycles. The fourth-order valence-electron chi connectivity index (χ4n) is 1.40. The largest absolute Gasteiger partial charge is 0.490 e. The second kappa shape index (κ2) is 7.95. The van der Waals surface area contributed by atoms with E-state index >= 15 is 0 Å². The quantitative estimate of drug-likeness (QED) is 0.825. The molecule has 1 rings (SSSR count). The summed E-state index contributed by atoms with van der Waals surface area (Å²) in [6, 6.07) is 7.22. The van der Waals surface area contributed by atoms with E-state index in [1.807, 2.05) is 12.1 Å². The number of ether oxygens (including phenoxy) is 1. The Morgan fingerprint density at radius 3 is 2.83 bits per heavy atom. The van der Waals surface area contributed by atoms with Gasteiger partial charge in [-0.25, -0.2) is 0 Å². The highest BCUT2D eigenvalue weighted by Gasteiger charge is 2.08. The highest BCUT2D eigenvalue weighted by Crippen LogP contribution is 2.22. The monoisotopic (exact) mass is 271 g/mol. The van der Waals surface area contributed by atoms with Gasteiger partial charge in [0, 0.05) is 20.1 Å². The lowest BCUT2D eigenvalue weighted by Crippen LogP contribution is -2.30. The Balaban J connectivity index is 2.29. The van der Waals surface area contributed by atoms with Crippen LogP contribution in [0.25, 0.3) is 0 Å². The van der Waals surface area contributed by atoms with E-state index in [2.05, 4.69) is 0 Å². The Hall–Kier alpha value is -1.26. The Labute approximate surface area is 112 Å². The van der Waals surface area contributed by atoms with Crippen molar-refractivity contribution >= 4 is 17.5 Å². The van der Waals surface area contributed by atoms with Gasteiger partial charge in [-0.15, -0.1) is 0 Å². The average molecular weight is 272 g/mol. The van der Waals surface area contributed by atoms with Gasteiger partial charge < -0.3 is 14.7 Å². The molecule has 0 spiro atoms. The number of aliphatic hydroxyl groups is 1. The number of carbonyl (C=O) groups excluding carboxylic acids is 1. The van der Waals surface area contributed by atoms with Gasteiger partial charge in [0.15, 0.2) is 0 Å². The molecule has 0 aliphatic heterocycles. The fraction of sp³-hybridized carbons (Fsp3) is 0.462. The first-order chi connectivity index (χ1) is 8.65. The lowest BCUT2D eigenvalue weighted by atomic mass is 10.3. The zero-order valence-electron chi connectivity index (χ0n) is 10.4. The van der Waals surface area contributed by atoms with E-state index < -0.39 is 0 Å². The van der Waals surface area contributed by atoms with Gasteiger partial charge in [0.25, 0.3) is 0 Å². The van der Waals surface area contributed by atoms with E-state index in [0.29, 0.717) is 36.8 Å². The van der Waals surface area contributed by atoms with E-state index in [-0.39, 0.29) is 12.5 Å². The summed E-state index contributed by atoms with van der Waals surface area (Å²) in [4.78, 5) is 13.1. The van der Waals surface area contributed by atoms with Crippen molar-refractivity contribution in [3.63, 3.8) is 0 Å². The summed E-state index contributed by atoms with van der Waals surface area (Å²) in [6.07, 6.45) is 0.855. The molecule has 0 unspecified atom stereocenters. The molecule has 5 heteroatoms. The van der Waals surface area contributed by atoms with Crippen LogP contribution < -0.4 is 4.74 Å². The van der Waals surface area contributed by atoms with Crippen LogP contribution in [0, 0.1) is 0 Å². The topological polar surface area (TPSA) is 49.8 Å². The molecule has 0 atom stereocenters. The van der Waals surface area contributed by atoms with Gasteiger partial charge >= 0.3 is 0 Å². The van der Waals surface area contributed by atoms with Gasteiger partial charge in [0.2, 0.25) is 5.91 Å². The maximum absolute atomic E-state index is 11.5. The minimum absolute atomic E-state index is 0.00630. The summed E-state index contributed by atoms with van der Waals surface area (Å²) in [7, 11) is 1.72. The molecule has 0 fully saturated rings. The van der Waals surface area contributed by atoms with Gasteiger partial charge in [0.1, 0.15) is 12.4 Å². The number of benzene rings is 1. The molecular weight excluding hydrogens is 254 g/mol. The second-order valence-electron chi connectivity index (χ2n) is 3.92. The molecule has 100 valence electrons. The molecule has 0 saturated carbocycles. The van der Waals surface area contributed by atoms with Crippen LogP contribution in [0.1, 0.15) is 12.8 Å². The minimum Gasteiger partial charge on any atom is -0.490 e. The number of hydrogen-bond acceptors (Lipinski definition) is 3. The number of para-hydroxylation sites is 1. The summed E-state index contributed by atoms with van der Waals surface area (Å²) in [6.45, 7) is 0.927. The minimum atomic E-state index is 0.00630. The standard InChI is InChI=1S/C13H18ClNO3/c1-15(13(17)7-4-9-16)8-10-18-12-6-3-2-5-11(12)14/h2-3,5-6,16H,4,7-10H2,1H3. The van der Waals surface area contributed by atoms with Crippen molar-refractivity contribution in [2.24, 2.45) is 0 Å². The predicted octanol–water partition coefficient (Wildman–Crippen LogP) is 1.95. The van der Waals surface area contributed by atoms with Gasteiger partial charge in [0.05, 0.1) is 11.6 Å². The van der Waals surface area contributed by atoms with Crippen molar-refractivity contribution in [1.82, 2.24) is 4.90 Å². The van der Waals surface area contributed by atoms with Crippen LogP contribution in [0.4, 0.5) is 0 Å². The van der Waals surface area contributed by atoms with Crippen LogP contribution in [0.3, 0.4) is 0 Å². The summed E-state index contributed by atoms with van der Waals surface area (Å²) in [5, 5.41) is 9.20. The maximum Gasteiger partial charge on any atom is 0.222 e. The van der Waals surface area contributed by atoms with Crippen molar-refractivity contribution in [2.75, 3.05) is 26.8 Å². The van der Waals surface area contributed by atoms with Crippen molar-refractivity contribution < 1.29 is 14.6 Å². The Bertz CT molecular complexity index is 384. The van der Waals surface area contributed by atoms with E-state index in [1.165, 1.54) is 0 Å². The summed E-state index contributed by atoms with van der Waals surface area (Å²) in [5.74, 6) is 0.627. The summed E-state index contributed by atoms with van der Waals surface area (Å²) >= 11 is 5.94. The number of aliphatic hydroxyl groups excluding tert-OH is 1. The molecule has 0 radical (unpaired) electrons. The van der Waals surface area contributed by atoms with E-state index in [4.69, 9.17) is 21.4 Å². The number of amides is 1. The second-order valence-corrected chi connectivity index (χ2v) is 4.33. The van der Waals surface area contributed by atoms with Gasteiger partial charge in [-0.1, -0.05) is 23.7 Å². The highest BCUT2D eigenvalue weighted by atomic mass is 35.5. The molecule has 0 aliphatic rings. The average Bonchev–Trinajstić information content (AvgIpc) is 2.38. The van der Waals surface area contributed by atoms with Crippen molar-refractivity contribution in [3.8, 4) is 5.75 Å². The normalized spacial score (nSPS) is 10.2. The number of hydrogen-bond donors (Lipinski definition) is 1. The molecule has 0 bridgehead atoms. The van der Waals surface area contributed by atoms with Gasteiger partial charge in [-0.2, -0.15) is 0 Å². The molecule has 18 heavy (non-hydrogen) atoms. The molecule has 1 aromatic rings. The number of likely N-dealkylation sites (N-methyl/N-ethyl adjacent to an activating group) is 1. The molecule has 1 aromatic carbocycles. The fourth-order valence-corrected chi connectivity index (χ4v) is 1.59. The first kappa shape index (κ1) is 14.8. The Morgan fingerprint density at radius 2 is 2.17 bits per heavy atom. The number of carbonyl (C=O) groups is 1. The van der Waals surface area contributed by atoms with Gasteiger partial charge in [-0.3, -0.25) is 4.79 Å². The van der Waals surface area contributed by atoms with Crippen LogP contribution in [0.5, 0.6) is 5.75 Å². The van der Waals surface area contributed by atoms with Crippen LogP contribution in [-0.2, 0) is 4.79 Å². The molecule has 4 nitrogen and oxygen atoms in total. The van der Waals surface area contributed by atoms with Crippen molar-refractivity contribution in [3.05, 3.63) is 29.3 Å². The van der Waals surface area contributed by atoms with Crippen LogP contribution in [0.2, 0.25) is 5.02 Å². The van der Waals surface area contributed by atoms with E-state index in [1.54, 1.807) is 24.1 Å². The SMILES string of the molecule is CN(CCOc1ccccc1Cl)C(=O)CCCO. The molecule has 1 amide bonds. The lowest BCUT2D eigenvalue weighted by molar-refractivity contribution is -0.130. The van der Waals surface area contributed by atoms with E-state index in [9.17, 15) is 4.79 Å². The number of rotatable bonds is 7. The van der Waals surface area contributed by atoms with Crippen molar-refractivity contribution in [2.45, 2.75) is 12.8 Å². The third-order valence-corrected chi connectivity index (χ3v) is 2.81. The molecule has 0 heterocycles. The van der Waals surface area contributed by atoms with Crippen LogP contribution >= 0.6 is 11.6 Å². The number of halogens is 1. The first-order valence-corrected chi connectivity index (χ1v) is 6.25. The molecule has 0 aromatic heterocycles. The Morgan fingerprint density at radius 1 is 1.44 bits per heavy atom. The van der Waals surface area contributed by atoms with Crippen LogP contribution in [-0.4, -0.2) is 42.7 Å². The third kappa shape index (κ3) is 4.94. The summed E-state index contributed by atoms with van der Waals surface area (Å²) < 4.78 is 5.49. The van der Waals surface area contributed by atoms with Crippen molar-refractivity contribution in [1.29, 1.82) is 0 Å². The predicted molar refractivity (Wildman–Crippen MR) is 70.9 cm³/mol. The van der Waals surface area contributed by atoms with Gasteiger partial charge in [-0.05, 0) is 18.6 Å². The molecule has 0 saturated heterocycles. The zero-order chi connectivity index (χ0) is 13.4. The highest BCUT2D eigenvalue weighted by molar-refractivity contribution is 6.32. The van der Waals surface area contributed by atoms with Crippen LogP contribution in [0.15, 0.2) is 24.3 Å². The lowest BCUT2D eigenvalue weighted by Gasteiger charge is -2.17. The zero-order valence-corrected chi connectivity index (χ0v) is 11.2. The third-order valence-electron chi connectivity index (χ3n) is 2.50. The summed E-state index contributed by atoms with van der Waals surface area (Å²) in [5.41, 5.74) is 0. The Kier molecular flexibility index (Phi) is 6.54. The maximum atomic E-state index is 11.5. The molecular formula is C13H18ClNO3. The molecule has 1 N–H and O–H groups in total. The number of nitrogens with zero attached hydrogens (tertiary/aromatic N) is 1.